The molecule has 3 aliphatic rings. The average Bonchev–Trinajstić information content (AvgIpc) is 3.37. The van der Waals surface area contributed by atoms with Crippen LogP contribution in [-0.2, 0) is 23.9 Å². The third kappa shape index (κ3) is 4.19. The van der Waals surface area contributed by atoms with E-state index in [1.807, 2.05) is 6.92 Å². The standard InChI is InChI=1S/C22H24Br2N2O6/c1-2-31-14-6-4-3-5-13(14)25-15(27)10-32-16(28)7-8-26-21(29)17-11-9-12(18(17)22(26)30)20(24)19(11)23/h3-6,11-12,17-20H,2,7-10H2,1H3,(H,25,27)/t11-,12-,17-,18-,19+,20+/m1/s1. The Morgan fingerprint density at radius 2 is 1.72 bits per heavy atom. The number of likely N-dealkylation sites (tertiary alicyclic amines) is 1. The molecule has 2 aliphatic carbocycles. The molecule has 1 saturated heterocycles. The first kappa shape index (κ1) is 23.2. The van der Waals surface area contributed by atoms with E-state index in [-0.39, 0.29) is 58.1 Å². The Bertz CT molecular complexity index is 909. The van der Waals surface area contributed by atoms with Crippen molar-refractivity contribution in [2.45, 2.75) is 29.4 Å². The number of halogens is 2. The second kappa shape index (κ2) is 9.51. The number of para-hydroxylation sites is 2. The average molecular weight is 572 g/mol. The quantitative estimate of drug-likeness (QED) is 0.292. The van der Waals surface area contributed by atoms with Crippen LogP contribution in [-0.4, -0.2) is 58.0 Å². The molecule has 32 heavy (non-hydrogen) atoms. The molecule has 2 saturated carbocycles. The van der Waals surface area contributed by atoms with Gasteiger partial charge in [0, 0.05) is 16.2 Å². The highest BCUT2D eigenvalue weighted by Crippen LogP contribution is 2.60. The van der Waals surface area contributed by atoms with Crippen LogP contribution >= 0.6 is 31.9 Å². The van der Waals surface area contributed by atoms with E-state index in [4.69, 9.17) is 9.47 Å². The molecule has 172 valence electrons. The lowest BCUT2D eigenvalue weighted by molar-refractivity contribution is -0.149. The largest absolute Gasteiger partial charge is 0.492 e. The summed E-state index contributed by atoms with van der Waals surface area (Å²) in [5.74, 6) is -1.37. The van der Waals surface area contributed by atoms with E-state index >= 15 is 0 Å². The van der Waals surface area contributed by atoms with Gasteiger partial charge in [-0.25, -0.2) is 0 Å². The number of hydrogen-bond donors (Lipinski definition) is 1. The Balaban J connectivity index is 1.26. The lowest BCUT2D eigenvalue weighted by atomic mass is 9.81. The van der Waals surface area contributed by atoms with Gasteiger partial charge < -0.3 is 14.8 Å². The molecule has 1 aromatic carbocycles. The van der Waals surface area contributed by atoms with E-state index in [9.17, 15) is 19.2 Å². The number of amides is 3. The van der Waals surface area contributed by atoms with Gasteiger partial charge in [-0.05, 0) is 37.3 Å². The molecule has 10 heteroatoms. The van der Waals surface area contributed by atoms with Gasteiger partial charge >= 0.3 is 5.97 Å². The third-order valence-electron chi connectivity index (χ3n) is 6.44. The maximum atomic E-state index is 12.8. The van der Waals surface area contributed by atoms with Crippen molar-refractivity contribution in [2.24, 2.45) is 23.7 Å². The molecule has 0 radical (unpaired) electrons. The van der Waals surface area contributed by atoms with Crippen LogP contribution in [0.5, 0.6) is 5.75 Å². The third-order valence-corrected chi connectivity index (χ3v) is 9.65. The number of esters is 1. The molecule has 3 amide bonds. The summed E-state index contributed by atoms with van der Waals surface area (Å²) in [5, 5.41) is 2.65. The number of fused-ring (bicyclic) bond motifs is 5. The van der Waals surface area contributed by atoms with Crippen molar-refractivity contribution in [3.63, 3.8) is 0 Å². The first-order chi connectivity index (χ1) is 15.3. The fourth-order valence-electron chi connectivity index (χ4n) is 5.09. The molecular weight excluding hydrogens is 548 g/mol. The Morgan fingerprint density at radius 3 is 2.34 bits per heavy atom. The fourth-order valence-corrected chi connectivity index (χ4v) is 6.96. The number of nitrogens with zero attached hydrogens (tertiary/aromatic N) is 1. The van der Waals surface area contributed by atoms with Gasteiger partial charge in [-0.2, -0.15) is 0 Å². The molecule has 1 aromatic rings. The van der Waals surface area contributed by atoms with Crippen molar-refractivity contribution >= 4 is 61.2 Å². The summed E-state index contributed by atoms with van der Waals surface area (Å²) in [6, 6.07) is 6.96. The zero-order valence-corrected chi connectivity index (χ0v) is 20.6. The van der Waals surface area contributed by atoms with Crippen molar-refractivity contribution < 1.29 is 28.7 Å². The fraction of sp³-hybridized carbons (Fsp3) is 0.545. The van der Waals surface area contributed by atoms with E-state index in [1.165, 1.54) is 4.90 Å². The smallest absolute Gasteiger partial charge is 0.308 e. The van der Waals surface area contributed by atoms with Gasteiger partial charge in [-0.15, -0.1) is 0 Å². The minimum absolute atomic E-state index is 0.0301. The molecule has 6 atom stereocenters. The van der Waals surface area contributed by atoms with Gasteiger partial charge in [0.25, 0.3) is 5.91 Å². The molecule has 0 unspecified atom stereocenters. The zero-order chi connectivity index (χ0) is 23.0. The highest BCUT2D eigenvalue weighted by Gasteiger charge is 2.66. The topological polar surface area (TPSA) is 102 Å². The minimum atomic E-state index is -0.643. The van der Waals surface area contributed by atoms with Gasteiger partial charge in [-0.3, -0.25) is 24.1 Å². The van der Waals surface area contributed by atoms with Crippen molar-refractivity contribution in [1.82, 2.24) is 4.90 Å². The SMILES string of the molecule is CCOc1ccccc1NC(=O)COC(=O)CCN1C(=O)[C@@H]2[C@H]3C[C@@H]([C@H](Br)[C@H]3Br)[C@H]2C1=O. The lowest BCUT2D eigenvalue weighted by Crippen LogP contribution is -2.37. The van der Waals surface area contributed by atoms with Crippen molar-refractivity contribution in [3.05, 3.63) is 24.3 Å². The Morgan fingerprint density at radius 1 is 1.09 bits per heavy atom. The molecule has 8 nitrogen and oxygen atoms in total. The van der Waals surface area contributed by atoms with Crippen LogP contribution in [0.1, 0.15) is 19.8 Å². The molecule has 3 fully saturated rings. The summed E-state index contributed by atoms with van der Waals surface area (Å²) in [6.07, 6.45) is 0.709. The first-order valence-electron chi connectivity index (χ1n) is 10.6. The number of imide groups is 1. The normalized spacial score (nSPS) is 30.4. The van der Waals surface area contributed by atoms with Crippen LogP contribution in [0, 0.1) is 23.7 Å². The lowest BCUT2D eigenvalue weighted by Gasteiger charge is -2.28. The van der Waals surface area contributed by atoms with Crippen LogP contribution in [0.15, 0.2) is 24.3 Å². The molecule has 0 aromatic heterocycles. The Hall–Kier alpha value is -1.94. The summed E-state index contributed by atoms with van der Waals surface area (Å²) in [6.45, 7) is 1.79. The molecule has 4 rings (SSSR count). The monoisotopic (exact) mass is 570 g/mol. The highest BCUT2D eigenvalue weighted by molar-refractivity contribution is 9.12. The van der Waals surface area contributed by atoms with Gasteiger partial charge in [-0.1, -0.05) is 44.0 Å². The molecular formula is C22H24Br2N2O6. The number of carbonyl (C=O) groups excluding carboxylic acids is 4. The second-order valence-corrected chi connectivity index (χ2v) is 10.3. The van der Waals surface area contributed by atoms with Crippen LogP contribution in [0.4, 0.5) is 5.69 Å². The Kier molecular flexibility index (Phi) is 6.90. The zero-order valence-electron chi connectivity index (χ0n) is 17.5. The van der Waals surface area contributed by atoms with Gasteiger partial charge in [0.05, 0.1) is 30.6 Å². The first-order valence-corrected chi connectivity index (χ1v) is 12.5. The van der Waals surface area contributed by atoms with Crippen LogP contribution < -0.4 is 10.1 Å². The van der Waals surface area contributed by atoms with E-state index in [0.29, 0.717) is 18.0 Å². The predicted molar refractivity (Wildman–Crippen MR) is 123 cm³/mol. The minimum Gasteiger partial charge on any atom is -0.492 e. The predicted octanol–water partition coefficient (Wildman–Crippen LogP) is 2.74. The Labute approximate surface area is 202 Å². The van der Waals surface area contributed by atoms with Gasteiger partial charge in [0.2, 0.25) is 11.8 Å². The number of ether oxygens (including phenoxy) is 2. The van der Waals surface area contributed by atoms with Crippen LogP contribution in [0.25, 0.3) is 0 Å². The van der Waals surface area contributed by atoms with E-state index < -0.39 is 18.5 Å². The summed E-state index contributed by atoms with van der Waals surface area (Å²) >= 11 is 7.30. The van der Waals surface area contributed by atoms with Crippen molar-refractivity contribution in [3.8, 4) is 5.75 Å². The molecule has 2 bridgehead atoms. The number of anilines is 1. The molecule has 1 aliphatic heterocycles. The van der Waals surface area contributed by atoms with Crippen LogP contribution in [0.3, 0.4) is 0 Å². The number of alkyl halides is 2. The number of benzene rings is 1. The van der Waals surface area contributed by atoms with E-state index in [0.717, 1.165) is 6.42 Å². The van der Waals surface area contributed by atoms with Crippen LogP contribution in [0.2, 0.25) is 0 Å². The highest BCUT2D eigenvalue weighted by atomic mass is 79.9. The maximum absolute atomic E-state index is 12.8. The van der Waals surface area contributed by atoms with Crippen molar-refractivity contribution in [2.75, 3.05) is 25.1 Å². The second-order valence-electron chi connectivity index (χ2n) is 8.22. The van der Waals surface area contributed by atoms with Gasteiger partial charge in [0.1, 0.15) is 5.75 Å². The number of carbonyl (C=O) groups is 4. The van der Waals surface area contributed by atoms with E-state index in [2.05, 4.69) is 37.2 Å². The summed E-state index contributed by atoms with van der Waals surface area (Å²) < 4.78 is 10.5. The number of nitrogens with one attached hydrogen (secondary N) is 1. The molecule has 0 spiro atoms. The van der Waals surface area contributed by atoms with Gasteiger partial charge in [0.15, 0.2) is 6.61 Å². The van der Waals surface area contributed by atoms with E-state index in [1.54, 1.807) is 24.3 Å². The summed E-state index contributed by atoms with van der Waals surface area (Å²) in [4.78, 5) is 51.5. The molecule has 1 N–H and O–H groups in total. The van der Waals surface area contributed by atoms with Crippen molar-refractivity contribution in [1.29, 1.82) is 0 Å². The molecule has 1 heterocycles. The maximum Gasteiger partial charge on any atom is 0.308 e. The number of hydrogen-bond acceptors (Lipinski definition) is 6. The number of rotatable bonds is 8. The summed E-state index contributed by atoms with van der Waals surface area (Å²) in [5.41, 5.74) is 0.486. The summed E-state index contributed by atoms with van der Waals surface area (Å²) in [7, 11) is 0.